The smallest absolute Gasteiger partial charge is 0.273 e. The van der Waals surface area contributed by atoms with Crippen molar-refractivity contribution in [2.75, 3.05) is 0 Å². The molecular weight excluding hydrogens is 428 g/mol. The van der Waals surface area contributed by atoms with Gasteiger partial charge in [-0.15, -0.1) is 0 Å². The van der Waals surface area contributed by atoms with E-state index < -0.39 is 5.54 Å². The molecule has 1 aliphatic rings. The van der Waals surface area contributed by atoms with Crippen LogP contribution < -0.4 is 5.32 Å². The number of carbonyl (C=O) groups is 2. The first-order chi connectivity index (χ1) is 16.5. The summed E-state index contributed by atoms with van der Waals surface area (Å²) < 4.78 is 7.09. The van der Waals surface area contributed by atoms with E-state index in [1.807, 2.05) is 61.5 Å². The summed E-state index contributed by atoms with van der Waals surface area (Å²) in [7, 11) is 0. The van der Waals surface area contributed by atoms with E-state index in [2.05, 4.69) is 10.4 Å². The van der Waals surface area contributed by atoms with E-state index in [4.69, 9.17) is 4.42 Å². The van der Waals surface area contributed by atoms with Gasteiger partial charge in [-0.1, -0.05) is 54.6 Å². The van der Waals surface area contributed by atoms with E-state index in [0.717, 1.165) is 16.7 Å². The van der Waals surface area contributed by atoms with Crippen molar-refractivity contribution < 1.29 is 14.0 Å². The van der Waals surface area contributed by atoms with Gasteiger partial charge in [-0.05, 0) is 42.7 Å². The number of nitrogens with one attached hydrogen (secondary N) is 1. The minimum absolute atomic E-state index is 0.222. The van der Waals surface area contributed by atoms with Crippen LogP contribution in [0.5, 0.6) is 0 Å². The summed E-state index contributed by atoms with van der Waals surface area (Å²) in [4.78, 5) is 29.0. The van der Waals surface area contributed by atoms with Crippen LogP contribution in [0.15, 0.2) is 83.5 Å². The first-order valence-corrected chi connectivity index (χ1v) is 11.3. The molecule has 1 N–H and O–H groups in total. The van der Waals surface area contributed by atoms with Crippen LogP contribution in [-0.2, 0) is 24.4 Å². The molecule has 34 heavy (non-hydrogen) atoms. The largest absolute Gasteiger partial charge is 0.463 e. The number of carbonyl (C=O) groups excluding carboxylic acids is 2. The lowest BCUT2D eigenvalue weighted by Gasteiger charge is -2.43. The Hall–Kier alpha value is -4.13. The quantitative estimate of drug-likeness (QED) is 0.474. The van der Waals surface area contributed by atoms with Crippen LogP contribution in [0, 0.1) is 6.92 Å². The van der Waals surface area contributed by atoms with Gasteiger partial charge in [-0.3, -0.25) is 14.3 Å². The first kappa shape index (κ1) is 21.7. The lowest BCUT2D eigenvalue weighted by molar-refractivity contribution is -0.133. The molecule has 172 valence electrons. The molecule has 1 aliphatic heterocycles. The van der Waals surface area contributed by atoms with E-state index in [1.54, 1.807) is 41.0 Å². The van der Waals surface area contributed by atoms with Gasteiger partial charge in [-0.2, -0.15) is 5.10 Å². The Labute approximate surface area is 198 Å². The van der Waals surface area contributed by atoms with Crippen LogP contribution >= 0.6 is 0 Å². The summed E-state index contributed by atoms with van der Waals surface area (Å²) in [6.07, 6.45) is 1.57. The van der Waals surface area contributed by atoms with Gasteiger partial charge in [-0.25, -0.2) is 0 Å². The van der Waals surface area contributed by atoms with Gasteiger partial charge < -0.3 is 14.6 Å². The van der Waals surface area contributed by atoms with Crippen LogP contribution in [0.1, 0.15) is 34.1 Å². The SMILES string of the molecule is Cc1ccccc1CNC(=O)[C@@]1(C)Cn2nc(-c3ccco3)cc2C(=O)N1Cc1ccccc1. The third kappa shape index (κ3) is 3.90. The summed E-state index contributed by atoms with van der Waals surface area (Å²) in [6.45, 7) is 4.76. The monoisotopic (exact) mass is 454 g/mol. The van der Waals surface area contributed by atoms with E-state index in [0.29, 0.717) is 30.2 Å². The molecule has 3 heterocycles. The molecule has 4 aromatic rings. The fourth-order valence-electron chi connectivity index (χ4n) is 4.37. The van der Waals surface area contributed by atoms with Gasteiger partial charge in [0.1, 0.15) is 16.9 Å². The third-order valence-corrected chi connectivity index (χ3v) is 6.44. The van der Waals surface area contributed by atoms with Gasteiger partial charge in [0.25, 0.3) is 5.91 Å². The normalized spacial score (nSPS) is 17.5. The molecule has 0 spiro atoms. The zero-order valence-electron chi connectivity index (χ0n) is 19.2. The fourth-order valence-corrected chi connectivity index (χ4v) is 4.37. The highest BCUT2D eigenvalue weighted by molar-refractivity contribution is 6.00. The van der Waals surface area contributed by atoms with Gasteiger partial charge in [0.05, 0.1) is 12.8 Å². The maximum atomic E-state index is 13.7. The van der Waals surface area contributed by atoms with Crippen molar-refractivity contribution in [3.05, 3.63) is 101 Å². The molecule has 2 aromatic heterocycles. The Balaban J connectivity index is 1.49. The molecule has 0 aliphatic carbocycles. The average Bonchev–Trinajstić information content (AvgIpc) is 3.52. The highest BCUT2D eigenvalue weighted by Crippen LogP contribution is 2.31. The lowest BCUT2D eigenvalue weighted by Crippen LogP contribution is -2.63. The van der Waals surface area contributed by atoms with E-state index >= 15 is 0 Å². The third-order valence-electron chi connectivity index (χ3n) is 6.44. The molecule has 2 aromatic carbocycles. The second kappa shape index (κ2) is 8.67. The molecule has 1 atom stereocenters. The summed E-state index contributed by atoms with van der Waals surface area (Å²) >= 11 is 0. The van der Waals surface area contributed by atoms with Gasteiger partial charge >= 0.3 is 0 Å². The summed E-state index contributed by atoms with van der Waals surface area (Å²) in [5.41, 5.74) is 2.97. The minimum atomic E-state index is -1.13. The predicted octanol–water partition coefficient (Wildman–Crippen LogP) is 4.18. The highest BCUT2D eigenvalue weighted by atomic mass is 16.3. The molecular formula is C27H26N4O3. The van der Waals surface area contributed by atoms with Gasteiger partial charge in [0.2, 0.25) is 5.91 Å². The Kier molecular flexibility index (Phi) is 5.53. The summed E-state index contributed by atoms with van der Waals surface area (Å²) in [5.74, 6) is 0.115. The zero-order chi connectivity index (χ0) is 23.7. The molecule has 0 fully saturated rings. The molecule has 0 saturated heterocycles. The average molecular weight is 455 g/mol. The first-order valence-electron chi connectivity index (χ1n) is 11.3. The number of benzene rings is 2. The Bertz CT molecular complexity index is 1330. The van der Waals surface area contributed by atoms with Crippen molar-refractivity contribution in [3.63, 3.8) is 0 Å². The Morgan fingerprint density at radius 2 is 1.85 bits per heavy atom. The summed E-state index contributed by atoms with van der Waals surface area (Å²) in [6, 6.07) is 22.9. The van der Waals surface area contributed by atoms with Crippen LogP contribution in [0.3, 0.4) is 0 Å². The van der Waals surface area contributed by atoms with Crippen molar-refractivity contribution in [2.24, 2.45) is 0 Å². The van der Waals surface area contributed by atoms with E-state index in [-0.39, 0.29) is 18.4 Å². The molecule has 7 heteroatoms. The van der Waals surface area contributed by atoms with E-state index in [9.17, 15) is 9.59 Å². The highest BCUT2D eigenvalue weighted by Gasteiger charge is 2.48. The molecule has 5 rings (SSSR count). The molecule has 0 unspecified atom stereocenters. The standard InChI is InChI=1S/C27H26N4O3/c1-19-9-6-7-12-21(19)16-28-26(33)27(2)18-31-23(15-22(29-31)24-13-8-14-34-24)25(32)30(27)17-20-10-4-3-5-11-20/h3-15H,16-18H2,1-2H3,(H,28,33)/t27-/m1/s1. The number of fused-ring (bicyclic) bond motifs is 1. The van der Waals surface area contributed by atoms with Crippen molar-refractivity contribution >= 4 is 11.8 Å². The molecule has 0 bridgehead atoms. The second-order valence-electron chi connectivity index (χ2n) is 8.81. The number of amides is 2. The van der Waals surface area contributed by atoms with Crippen molar-refractivity contribution in [1.82, 2.24) is 20.0 Å². The molecule has 0 radical (unpaired) electrons. The minimum Gasteiger partial charge on any atom is -0.463 e. The van der Waals surface area contributed by atoms with Crippen LogP contribution in [0.2, 0.25) is 0 Å². The number of rotatable bonds is 6. The Morgan fingerprint density at radius 3 is 2.59 bits per heavy atom. The molecule has 0 saturated carbocycles. The van der Waals surface area contributed by atoms with Crippen molar-refractivity contribution in [1.29, 1.82) is 0 Å². The number of aromatic nitrogens is 2. The number of hydrogen-bond donors (Lipinski definition) is 1. The fraction of sp³-hybridized carbons (Fsp3) is 0.222. The predicted molar refractivity (Wildman–Crippen MR) is 128 cm³/mol. The Morgan fingerprint density at radius 1 is 1.09 bits per heavy atom. The maximum absolute atomic E-state index is 13.7. The molecule has 2 amide bonds. The van der Waals surface area contributed by atoms with Crippen LogP contribution in [-0.4, -0.2) is 32.0 Å². The number of aryl methyl sites for hydroxylation is 1. The maximum Gasteiger partial charge on any atom is 0.273 e. The second-order valence-corrected chi connectivity index (χ2v) is 8.81. The number of furan rings is 1. The lowest BCUT2D eigenvalue weighted by atomic mass is 9.94. The van der Waals surface area contributed by atoms with Crippen LogP contribution in [0.25, 0.3) is 11.5 Å². The van der Waals surface area contributed by atoms with E-state index in [1.165, 1.54) is 0 Å². The van der Waals surface area contributed by atoms with Crippen molar-refractivity contribution in [3.8, 4) is 11.5 Å². The van der Waals surface area contributed by atoms with Crippen LogP contribution in [0.4, 0.5) is 0 Å². The summed E-state index contributed by atoms with van der Waals surface area (Å²) in [5, 5.41) is 7.65. The van der Waals surface area contributed by atoms with Crippen molar-refractivity contribution in [2.45, 2.75) is 39.0 Å². The zero-order valence-corrected chi connectivity index (χ0v) is 19.2. The van der Waals surface area contributed by atoms with Gasteiger partial charge in [0, 0.05) is 19.2 Å². The number of hydrogen-bond acceptors (Lipinski definition) is 4. The number of nitrogens with zero attached hydrogens (tertiary/aromatic N) is 3. The molecule has 7 nitrogen and oxygen atoms in total. The topological polar surface area (TPSA) is 80.4 Å². The van der Waals surface area contributed by atoms with Gasteiger partial charge in [0.15, 0.2) is 5.76 Å².